The van der Waals surface area contributed by atoms with Gasteiger partial charge in [-0.05, 0) is 18.6 Å². The molecule has 0 unspecified atom stereocenters. The third kappa shape index (κ3) is 2.23. The van der Waals surface area contributed by atoms with Gasteiger partial charge in [0, 0.05) is 18.8 Å². The lowest BCUT2D eigenvalue weighted by atomic mass is 10.3. The first-order chi connectivity index (χ1) is 8.43. The summed E-state index contributed by atoms with van der Waals surface area (Å²) < 4.78 is 52.1. The first-order valence-electron chi connectivity index (χ1n) is 5.32. The number of halogens is 2. The molecule has 0 fully saturated rings. The Morgan fingerprint density at radius 2 is 1.94 bits per heavy atom. The Labute approximate surface area is 104 Å². The van der Waals surface area contributed by atoms with Gasteiger partial charge in [0.2, 0.25) is 10.0 Å². The Bertz CT molecular complexity index is 599. The maximum absolute atomic E-state index is 13.6. The molecule has 18 heavy (non-hydrogen) atoms. The molecule has 7 heteroatoms. The van der Waals surface area contributed by atoms with Crippen LogP contribution in [0.4, 0.5) is 14.5 Å². The molecule has 98 valence electrons. The summed E-state index contributed by atoms with van der Waals surface area (Å²) in [7, 11) is -4.05. The first kappa shape index (κ1) is 13.0. The van der Waals surface area contributed by atoms with Crippen molar-refractivity contribution in [1.29, 1.82) is 0 Å². The summed E-state index contributed by atoms with van der Waals surface area (Å²) in [6.07, 6.45) is 4.05. The fourth-order valence-electron chi connectivity index (χ4n) is 1.75. The van der Waals surface area contributed by atoms with Crippen LogP contribution in [0.15, 0.2) is 29.2 Å². The van der Waals surface area contributed by atoms with Gasteiger partial charge in [0.15, 0.2) is 11.6 Å². The van der Waals surface area contributed by atoms with E-state index in [0.717, 1.165) is 16.4 Å². The Morgan fingerprint density at radius 1 is 1.22 bits per heavy atom. The van der Waals surface area contributed by atoms with Crippen LogP contribution in [0.3, 0.4) is 0 Å². The van der Waals surface area contributed by atoms with Crippen molar-refractivity contribution in [3.63, 3.8) is 0 Å². The minimum absolute atomic E-state index is 0.125. The van der Waals surface area contributed by atoms with Crippen molar-refractivity contribution in [2.24, 2.45) is 0 Å². The third-order valence-electron chi connectivity index (χ3n) is 2.66. The summed E-state index contributed by atoms with van der Waals surface area (Å²) in [5, 5.41) is 0. The number of benzene rings is 1. The molecule has 0 atom stereocenters. The summed E-state index contributed by atoms with van der Waals surface area (Å²) >= 11 is 0. The van der Waals surface area contributed by atoms with Gasteiger partial charge in [0.25, 0.3) is 0 Å². The molecule has 1 aliphatic heterocycles. The molecule has 0 saturated carbocycles. The zero-order valence-corrected chi connectivity index (χ0v) is 10.3. The highest BCUT2D eigenvalue weighted by Crippen LogP contribution is 2.25. The lowest BCUT2D eigenvalue weighted by Gasteiger charge is -2.23. The molecule has 0 radical (unpaired) electrons. The van der Waals surface area contributed by atoms with Crippen molar-refractivity contribution in [2.75, 3.05) is 18.8 Å². The van der Waals surface area contributed by atoms with Crippen molar-refractivity contribution < 1.29 is 17.2 Å². The summed E-state index contributed by atoms with van der Waals surface area (Å²) in [6, 6.07) is 1.69. The molecule has 1 heterocycles. The van der Waals surface area contributed by atoms with E-state index < -0.39 is 26.6 Å². The maximum atomic E-state index is 13.6. The quantitative estimate of drug-likeness (QED) is 0.656. The molecule has 0 aromatic heterocycles. The largest absolute Gasteiger partial charge is 0.399 e. The topological polar surface area (TPSA) is 63.4 Å². The second-order valence-electron chi connectivity index (χ2n) is 3.94. The first-order valence-corrected chi connectivity index (χ1v) is 6.76. The number of nitrogen functional groups attached to an aromatic ring is 1. The second kappa shape index (κ2) is 4.66. The van der Waals surface area contributed by atoms with Crippen molar-refractivity contribution >= 4 is 15.7 Å². The van der Waals surface area contributed by atoms with Crippen molar-refractivity contribution in [3.05, 3.63) is 35.9 Å². The molecule has 2 N–H and O–H groups in total. The average Bonchev–Trinajstić information content (AvgIpc) is 2.34. The third-order valence-corrected chi connectivity index (χ3v) is 4.52. The number of sulfonamides is 1. The second-order valence-corrected chi connectivity index (χ2v) is 5.84. The fourth-order valence-corrected chi connectivity index (χ4v) is 3.26. The number of hydrogen-bond donors (Lipinski definition) is 1. The van der Waals surface area contributed by atoms with Crippen LogP contribution >= 0.6 is 0 Å². The molecule has 0 amide bonds. The van der Waals surface area contributed by atoms with E-state index in [0.29, 0.717) is 6.42 Å². The zero-order chi connectivity index (χ0) is 13.3. The van der Waals surface area contributed by atoms with Crippen LogP contribution in [0.5, 0.6) is 0 Å². The highest BCUT2D eigenvalue weighted by Gasteiger charge is 2.29. The van der Waals surface area contributed by atoms with Crippen LogP contribution in [0.2, 0.25) is 0 Å². The van der Waals surface area contributed by atoms with Crippen LogP contribution in [0.25, 0.3) is 0 Å². The predicted molar refractivity (Wildman–Crippen MR) is 63.3 cm³/mol. The van der Waals surface area contributed by atoms with Gasteiger partial charge in [-0.15, -0.1) is 0 Å². The van der Waals surface area contributed by atoms with Crippen LogP contribution in [0, 0.1) is 11.6 Å². The number of anilines is 1. The fraction of sp³-hybridized carbons (Fsp3) is 0.273. The predicted octanol–water partition coefficient (Wildman–Crippen LogP) is 1.50. The minimum atomic E-state index is -4.05. The van der Waals surface area contributed by atoms with E-state index in [9.17, 15) is 17.2 Å². The molecule has 1 aliphatic rings. The molecular formula is C11H12F2N2O2S. The van der Waals surface area contributed by atoms with Gasteiger partial charge < -0.3 is 5.73 Å². The average molecular weight is 274 g/mol. The molecule has 2 rings (SSSR count). The number of hydrogen-bond acceptors (Lipinski definition) is 3. The monoisotopic (exact) mass is 274 g/mol. The van der Waals surface area contributed by atoms with Gasteiger partial charge in [-0.25, -0.2) is 17.2 Å². The minimum Gasteiger partial charge on any atom is -0.399 e. The van der Waals surface area contributed by atoms with Crippen LogP contribution in [-0.4, -0.2) is 25.8 Å². The van der Waals surface area contributed by atoms with E-state index in [1.807, 2.05) is 6.08 Å². The highest BCUT2D eigenvalue weighted by molar-refractivity contribution is 7.89. The maximum Gasteiger partial charge on any atom is 0.246 e. The van der Waals surface area contributed by atoms with E-state index in [1.54, 1.807) is 6.08 Å². The van der Waals surface area contributed by atoms with Gasteiger partial charge in [-0.1, -0.05) is 12.2 Å². The molecule has 4 nitrogen and oxygen atoms in total. The SMILES string of the molecule is Nc1cc(F)c(F)c(S(=O)(=O)N2CC=CCC2)c1. The Balaban J connectivity index is 2.50. The van der Waals surface area contributed by atoms with E-state index in [2.05, 4.69) is 0 Å². The molecular weight excluding hydrogens is 262 g/mol. The molecule has 0 bridgehead atoms. The van der Waals surface area contributed by atoms with Gasteiger partial charge in [0.05, 0.1) is 0 Å². The van der Waals surface area contributed by atoms with Crippen molar-refractivity contribution in [3.8, 4) is 0 Å². The number of nitrogens with two attached hydrogens (primary N) is 1. The number of nitrogens with zero attached hydrogens (tertiary/aromatic N) is 1. The van der Waals surface area contributed by atoms with E-state index in [4.69, 9.17) is 5.73 Å². The normalized spacial score (nSPS) is 17.0. The summed E-state index contributed by atoms with van der Waals surface area (Å²) in [5.74, 6) is -2.65. The molecule has 0 aliphatic carbocycles. The van der Waals surface area contributed by atoms with Crippen molar-refractivity contribution in [1.82, 2.24) is 4.31 Å². The van der Waals surface area contributed by atoms with Crippen LogP contribution in [-0.2, 0) is 10.0 Å². The number of rotatable bonds is 2. The smallest absolute Gasteiger partial charge is 0.246 e. The summed E-state index contributed by atoms with van der Waals surface area (Å²) in [5.41, 5.74) is 5.23. The van der Waals surface area contributed by atoms with E-state index in [-0.39, 0.29) is 18.8 Å². The Morgan fingerprint density at radius 3 is 2.56 bits per heavy atom. The van der Waals surface area contributed by atoms with Crippen LogP contribution in [0.1, 0.15) is 6.42 Å². The van der Waals surface area contributed by atoms with Gasteiger partial charge in [-0.2, -0.15) is 4.31 Å². The van der Waals surface area contributed by atoms with E-state index >= 15 is 0 Å². The summed E-state index contributed by atoms with van der Waals surface area (Å²) in [4.78, 5) is -0.713. The van der Waals surface area contributed by atoms with Gasteiger partial charge in [0.1, 0.15) is 4.90 Å². The molecule has 0 spiro atoms. The molecule has 0 saturated heterocycles. The molecule has 1 aromatic carbocycles. The van der Waals surface area contributed by atoms with Crippen molar-refractivity contribution in [2.45, 2.75) is 11.3 Å². The highest BCUT2D eigenvalue weighted by atomic mass is 32.2. The summed E-state index contributed by atoms with van der Waals surface area (Å²) in [6.45, 7) is 0.396. The zero-order valence-electron chi connectivity index (χ0n) is 9.44. The van der Waals surface area contributed by atoms with Gasteiger partial charge in [-0.3, -0.25) is 0 Å². The molecule has 1 aromatic rings. The van der Waals surface area contributed by atoms with E-state index in [1.165, 1.54) is 0 Å². The van der Waals surface area contributed by atoms with Gasteiger partial charge >= 0.3 is 0 Å². The lowest BCUT2D eigenvalue weighted by Crippen LogP contribution is -2.34. The Hall–Kier alpha value is -1.47. The Kier molecular flexibility index (Phi) is 3.36. The lowest BCUT2D eigenvalue weighted by molar-refractivity contribution is 0.426. The van der Waals surface area contributed by atoms with Crippen LogP contribution < -0.4 is 5.73 Å². The standard InChI is InChI=1S/C11H12F2N2O2S/c12-9-6-8(14)7-10(11(9)13)18(16,17)15-4-2-1-3-5-15/h1-2,6-7H,3-5,14H2.